The first kappa shape index (κ1) is 13.6. The summed E-state index contributed by atoms with van der Waals surface area (Å²) < 4.78 is 35.5. The summed E-state index contributed by atoms with van der Waals surface area (Å²) in [6, 6.07) is 0. The van der Waals surface area contributed by atoms with Crippen molar-refractivity contribution in [2.45, 2.75) is 65.1 Å². The molecule has 1 aromatic rings. The van der Waals surface area contributed by atoms with E-state index in [-0.39, 0.29) is 18.3 Å². The Bertz CT molecular complexity index is 767. The van der Waals surface area contributed by atoms with Gasteiger partial charge in [-0.25, -0.2) is 9.97 Å². The number of aromatic nitrogens is 2. The topological polar surface area (TPSA) is 76.6 Å². The molecule has 8 heteroatoms. The molecule has 1 fully saturated rings. The molecule has 0 atom stereocenters. The Hall–Kier alpha value is -1.67. The molecule has 3 rings (SSSR count). The van der Waals surface area contributed by atoms with E-state index in [0.717, 1.165) is 0 Å². The van der Waals surface area contributed by atoms with E-state index in [2.05, 4.69) is 15.3 Å². The third kappa shape index (κ3) is 2.67. The highest BCUT2D eigenvalue weighted by Gasteiger charge is 2.53. The fourth-order valence-corrected chi connectivity index (χ4v) is 2.68. The number of carbonyl (C=O) groups is 1. The van der Waals surface area contributed by atoms with Crippen LogP contribution in [0.2, 0.25) is 0 Å². The summed E-state index contributed by atoms with van der Waals surface area (Å²) >= 11 is 0. The van der Waals surface area contributed by atoms with E-state index >= 15 is 0 Å². The summed E-state index contributed by atoms with van der Waals surface area (Å²) in [5, 5.41) is 2.89. The van der Waals surface area contributed by atoms with Gasteiger partial charge in [0.1, 0.15) is 0 Å². The van der Waals surface area contributed by atoms with Crippen molar-refractivity contribution in [3.63, 3.8) is 0 Å². The van der Waals surface area contributed by atoms with Crippen LogP contribution in [0.1, 0.15) is 52.5 Å². The van der Waals surface area contributed by atoms with Crippen LogP contribution in [0.25, 0.3) is 0 Å². The predicted octanol–water partition coefficient (Wildman–Crippen LogP) is 1.33. The first-order valence-electron chi connectivity index (χ1n) is 9.47. The van der Waals surface area contributed by atoms with Gasteiger partial charge in [0.25, 0.3) is 0 Å². The molecule has 0 unspecified atom stereocenters. The lowest BCUT2D eigenvalue weighted by Crippen LogP contribution is -2.52. The van der Waals surface area contributed by atoms with Gasteiger partial charge < -0.3 is 14.6 Å². The lowest BCUT2D eigenvalue weighted by atomic mass is 9.85. The minimum absolute atomic E-state index is 0.0446. The minimum atomic E-state index is -2.40. The van der Waals surface area contributed by atoms with Gasteiger partial charge in [-0.05, 0) is 48.4 Å². The highest BCUT2D eigenvalue weighted by atomic mass is 16.7. The van der Waals surface area contributed by atoms with E-state index in [9.17, 15) is 4.79 Å². The maximum atomic E-state index is 12.6. The zero-order chi connectivity index (χ0) is 20.4. The van der Waals surface area contributed by atoms with Crippen LogP contribution < -0.4 is 15.8 Å². The van der Waals surface area contributed by atoms with Crippen LogP contribution in [0, 0.1) is 0 Å². The number of anilines is 2. The maximum Gasteiger partial charge on any atom is 0.516 e. The van der Waals surface area contributed by atoms with E-state index < -0.39 is 30.7 Å². The van der Waals surface area contributed by atoms with Gasteiger partial charge in [0, 0.05) is 15.8 Å². The van der Waals surface area contributed by atoms with Crippen LogP contribution in [0.5, 0.6) is 0 Å². The standard InChI is InChI=1S/C16H25BN4O3/c1-14(2,3)21-11(22)9-19-12-13(21)20-10(8-18-12)17-23-15(4,5)16(6,7)24-17/h8H,9H2,1-7H3,(H,18,19)/i1D3. The third-order valence-corrected chi connectivity index (χ3v) is 4.69. The normalized spacial score (nSPS) is 24.8. The lowest BCUT2D eigenvalue weighted by Gasteiger charge is -2.38. The average molecular weight is 335 g/mol. The van der Waals surface area contributed by atoms with E-state index in [0.29, 0.717) is 11.4 Å². The van der Waals surface area contributed by atoms with Gasteiger partial charge >= 0.3 is 7.12 Å². The summed E-state index contributed by atoms with van der Waals surface area (Å²) in [4.78, 5) is 22.6. The van der Waals surface area contributed by atoms with Gasteiger partial charge in [0.05, 0.1) is 23.3 Å². The molecular formula is C16H25BN4O3. The zero-order valence-corrected chi connectivity index (χ0v) is 14.9. The molecule has 1 aromatic heterocycles. The van der Waals surface area contributed by atoms with E-state index in [4.69, 9.17) is 13.4 Å². The van der Waals surface area contributed by atoms with Crippen molar-refractivity contribution >= 4 is 30.3 Å². The second kappa shape index (κ2) is 5.16. The average Bonchev–Trinajstić information content (AvgIpc) is 2.73. The quantitative estimate of drug-likeness (QED) is 0.781. The maximum absolute atomic E-state index is 12.6. The molecular weight excluding hydrogens is 307 g/mol. The predicted molar refractivity (Wildman–Crippen MR) is 93.5 cm³/mol. The zero-order valence-electron chi connectivity index (χ0n) is 17.9. The van der Waals surface area contributed by atoms with Crippen LogP contribution in [0.3, 0.4) is 0 Å². The van der Waals surface area contributed by atoms with Gasteiger partial charge in [-0.3, -0.25) is 9.69 Å². The Morgan fingerprint density at radius 1 is 1.33 bits per heavy atom. The summed E-state index contributed by atoms with van der Waals surface area (Å²) in [6.07, 6.45) is 1.52. The second-order valence-electron chi connectivity index (χ2n) is 7.70. The Kier molecular flexibility index (Phi) is 2.93. The fourth-order valence-electron chi connectivity index (χ4n) is 2.68. The number of fused-ring (bicyclic) bond motifs is 1. The molecule has 1 N–H and O–H groups in total. The van der Waals surface area contributed by atoms with Crippen molar-refractivity contribution in [1.82, 2.24) is 9.97 Å². The summed E-state index contributed by atoms with van der Waals surface area (Å²) in [5.74, 6) is 0.135. The Balaban J connectivity index is 2.04. The number of nitrogens with one attached hydrogen (secondary N) is 1. The highest BCUT2D eigenvalue weighted by Crippen LogP contribution is 2.37. The molecule has 2 aliphatic rings. The molecule has 0 radical (unpaired) electrons. The third-order valence-electron chi connectivity index (χ3n) is 4.69. The van der Waals surface area contributed by atoms with Crippen LogP contribution in [-0.2, 0) is 14.1 Å². The van der Waals surface area contributed by atoms with Crippen LogP contribution in [0.15, 0.2) is 6.20 Å². The summed E-state index contributed by atoms with van der Waals surface area (Å²) in [7, 11) is -0.762. The summed E-state index contributed by atoms with van der Waals surface area (Å²) in [5.41, 5.74) is -2.18. The first-order valence-corrected chi connectivity index (χ1v) is 7.97. The molecule has 130 valence electrons. The van der Waals surface area contributed by atoms with Gasteiger partial charge in [-0.1, -0.05) is 0 Å². The molecule has 0 saturated carbocycles. The van der Waals surface area contributed by atoms with Crippen LogP contribution >= 0.6 is 0 Å². The minimum Gasteiger partial charge on any atom is -0.398 e. The van der Waals surface area contributed by atoms with Gasteiger partial charge in [-0.15, -0.1) is 0 Å². The van der Waals surface area contributed by atoms with Crippen molar-refractivity contribution in [2.75, 3.05) is 16.8 Å². The molecule has 0 spiro atoms. The van der Waals surface area contributed by atoms with Crippen molar-refractivity contribution < 1.29 is 18.2 Å². The molecule has 3 heterocycles. The Morgan fingerprint density at radius 3 is 2.54 bits per heavy atom. The molecule has 0 aliphatic carbocycles. The smallest absolute Gasteiger partial charge is 0.398 e. The van der Waals surface area contributed by atoms with E-state index in [1.165, 1.54) is 24.9 Å². The highest BCUT2D eigenvalue weighted by molar-refractivity contribution is 6.61. The van der Waals surface area contributed by atoms with Crippen molar-refractivity contribution in [3.05, 3.63) is 6.20 Å². The van der Waals surface area contributed by atoms with E-state index in [1.54, 1.807) is 0 Å². The number of rotatable bonds is 1. The second-order valence-corrected chi connectivity index (χ2v) is 7.70. The Labute approximate surface area is 147 Å². The SMILES string of the molecule is [2H]C([2H])([2H])C(C)(C)N1C(=O)CNc2ncc(B3OC(C)(C)C(C)(C)O3)nc21. The van der Waals surface area contributed by atoms with Crippen molar-refractivity contribution in [3.8, 4) is 0 Å². The molecule has 7 nitrogen and oxygen atoms in total. The van der Waals surface area contributed by atoms with Crippen molar-refractivity contribution in [1.29, 1.82) is 0 Å². The number of hydrogen-bond donors (Lipinski definition) is 1. The van der Waals surface area contributed by atoms with E-state index in [1.807, 2.05) is 27.7 Å². The number of amides is 1. The Morgan fingerprint density at radius 2 is 1.96 bits per heavy atom. The lowest BCUT2D eigenvalue weighted by molar-refractivity contribution is -0.118. The van der Waals surface area contributed by atoms with Crippen molar-refractivity contribution in [2.24, 2.45) is 0 Å². The van der Waals surface area contributed by atoms with Gasteiger partial charge in [0.2, 0.25) is 5.91 Å². The number of carbonyl (C=O) groups excluding carboxylic acids is 1. The summed E-state index contributed by atoms with van der Waals surface area (Å²) in [6.45, 7) is 8.24. The molecule has 2 aliphatic heterocycles. The van der Waals surface area contributed by atoms with Gasteiger partial charge in [-0.2, -0.15) is 0 Å². The molecule has 1 saturated heterocycles. The van der Waals surface area contributed by atoms with Gasteiger partial charge in [0.15, 0.2) is 11.6 Å². The molecule has 24 heavy (non-hydrogen) atoms. The fraction of sp³-hybridized carbons (Fsp3) is 0.688. The number of hydrogen-bond acceptors (Lipinski definition) is 6. The first-order chi connectivity index (χ1) is 12.2. The molecule has 1 amide bonds. The molecule has 0 bridgehead atoms. The van der Waals surface area contributed by atoms with Crippen LogP contribution in [-0.4, -0.2) is 46.3 Å². The largest absolute Gasteiger partial charge is 0.516 e. The monoisotopic (exact) mass is 335 g/mol. The number of nitrogens with zero attached hydrogens (tertiary/aromatic N) is 3. The van der Waals surface area contributed by atoms with Crippen LogP contribution in [0.4, 0.5) is 11.6 Å². The molecule has 0 aromatic carbocycles.